The molecule has 3 rings (SSSR count). The first-order valence-corrected chi connectivity index (χ1v) is 7.14. The van der Waals surface area contributed by atoms with Crippen molar-refractivity contribution >= 4 is 5.84 Å². The van der Waals surface area contributed by atoms with Gasteiger partial charge in [0.2, 0.25) is 0 Å². The molecule has 4 heteroatoms. The first-order valence-electron chi connectivity index (χ1n) is 7.14. The molecule has 2 N–H and O–H groups in total. The molecule has 0 amide bonds. The van der Waals surface area contributed by atoms with Gasteiger partial charge in [0.05, 0.1) is 11.9 Å². The quantitative estimate of drug-likeness (QED) is 0.930. The molecule has 0 fully saturated rings. The van der Waals surface area contributed by atoms with Crippen molar-refractivity contribution < 1.29 is 4.52 Å². The van der Waals surface area contributed by atoms with Crippen LogP contribution in [0.15, 0.2) is 46.1 Å². The highest BCUT2D eigenvalue weighted by Gasteiger charge is 2.17. The molecule has 2 heterocycles. The van der Waals surface area contributed by atoms with Gasteiger partial charge in [-0.1, -0.05) is 41.9 Å². The highest BCUT2D eigenvalue weighted by Crippen LogP contribution is 2.25. The molecule has 1 unspecified atom stereocenters. The van der Waals surface area contributed by atoms with Gasteiger partial charge in [0.25, 0.3) is 0 Å². The molecule has 4 nitrogen and oxygen atoms in total. The zero-order valence-electron chi connectivity index (χ0n) is 11.5. The van der Waals surface area contributed by atoms with Crippen LogP contribution in [-0.2, 0) is 6.42 Å². The standard InChI is InChI=1S/C16H19N3O/c17-15-9-5-4-8-14(18-15)10-13-11-20-19-16(13)12-6-2-1-3-7-12/h1-3,6-7,11,14H,4-5,8-10H2,(H2,17,18). The number of aliphatic imine (C=N–C) groups is 1. The number of rotatable bonds is 3. The third-order valence-electron chi connectivity index (χ3n) is 3.71. The summed E-state index contributed by atoms with van der Waals surface area (Å²) in [5, 5.41) is 4.14. The fourth-order valence-electron chi connectivity index (χ4n) is 2.69. The molecule has 1 aromatic carbocycles. The Bertz CT molecular complexity index is 589. The Labute approximate surface area is 118 Å². The minimum Gasteiger partial charge on any atom is -0.387 e. The lowest BCUT2D eigenvalue weighted by molar-refractivity contribution is 0.420. The molecule has 0 spiro atoms. The smallest absolute Gasteiger partial charge is 0.127 e. The largest absolute Gasteiger partial charge is 0.387 e. The Kier molecular flexibility index (Phi) is 3.81. The van der Waals surface area contributed by atoms with E-state index in [0.29, 0.717) is 0 Å². The molecule has 104 valence electrons. The number of benzene rings is 1. The van der Waals surface area contributed by atoms with Crippen LogP contribution in [0.25, 0.3) is 11.3 Å². The van der Waals surface area contributed by atoms with Crippen LogP contribution in [0.5, 0.6) is 0 Å². The van der Waals surface area contributed by atoms with E-state index in [2.05, 4.69) is 10.1 Å². The molecule has 20 heavy (non-hydrogen) atoms. The molecule has 1 atom stereocenters. The molecule has 0 radical (unpaired) electrons. The third kappa shape index (κ3) is 2.90. The van der Waals surface area contributed by atoms with Crippen LogP contribution >= 0.6 is 0 Å². The fraction of sp³-hybridized carbons (Fsp3) is 0.375. The van der Waals surface area contributed by atoms with Crippen LogP contribution < -0.4 is 5.73 Å². The first-order chi connectivity index (χ1) is 9.83. The highest BCUT2D eigenvalue weighted by molar-refractivity contribution is 5.80. The molecule has 0 aliphatic carbocycles. The van der Waals surface area contributed by atoms with Crippen molar-refractivity contribution in [3.8, 4) is 11.3 Å². The lowest BCUT2D eigenvalue weighted by Gasteiger charge is -2.10. The van der Waals surface area contributed by atoms with Crippen molar-refractivity contribution in [2.24, 2.45) is 10.7 Å². The van der Waals surface area contributed by atoms with Crippen molar-refractivity contribution in [3.05, 3.63) is 42.2 Å². The van der Waals surface area contributed by atoms with E-state index >= 15 is 0 Å². The Balaban J connectivity index is 1.82. The van der Waals surface area contributed by atoms with Crippen molar-refractivity contribution in [1.29, 1.82) is 0 Å². The van der Waals surface area contributed by atoms with E-state index in [4.69, 9.17) is 10.3 Å². The molecule has 0 saturated heterocycles. The summed E-state index contributed by atoms with van der Waals surface area (Å²) in [5.74, 6) is 0.783. The molecular weight excluding hydrogens is 250 g/mol. The second-order valence-electron chi connectivity index (χ2n) is 5.28. The van der Waals surface area contributed by atoms with Gasteiger partial charge in [0.1, 0.15) is 12.0 Å². The van der Waals surface area contributed by atoms with E-state index in [1.54, 1.807) is 6.26 Å². The van der Waals surface area contributed by atoms with E-state index in [0.717, 1.165) is 48.3 Å². The van der Waals surface area contributed by atoms with Gasteiger partial charge >= 0.3 is 0 Å². The van der Waals surface area contributed by atoms with Crippen LogP contribution in [0, 0.1) is 0 Å². The number of hydrogen-bond acceptors (Lipinski definition) is 4. The third-order valence-corrected chi connectivity index (χ3v) is 3.71. The van der Waals surface area contributed by atoms with E-state index < -0.39 is 0 Å². The van der Waals surface area contributed by atoms with Gasteiger partial charge in [-0.2, -0.15) is 0 Å². The molecule has 1 aliphatic heterocycles. The molecule has 0 bridgehead atoms. The number of amidine groups is 1. The maximum Gasteiger partial charge on any atom is 0.127 e. The summed E-state index contributed by atoms with van der Waals surface area (Å²) in [6.07, 6.45) is 6.90. The van der Waals surface area contributed by atoms with Crippen LogP contribution in [0.2, 0.25) is 0 Å². The Morgan fingerprint density at radius 1 is 1.20 bits per heavy atom. The molecule has 1 aliphatic rings. The van der Waals surface area contributed by atoms with E-state index in [9.17, 15) is 0 Å². The van der Waals surface area contributed by atoms with Gasteiger partial charge < -0.3 is 10.3 Å². The van der Waals surface area contributed by atoms with Gasteiger partial charge in [0, 0.05) is 24.0 Å². The Hall–Kier alpha value is -2.10. The predicted octanol–water partition coefficient (Wildman–Crippen LogP) is 3.18. The maximum absolute atomic E-state index is 5.91. The average Bonchev–Trinajstić information content (AvgIpc) is 2.82. The average molecular weight is 269 g/mol. The van der Waals surface area contributed by atoms with E-state index in [1.807, 2.05) is 30.3 Å². The van der Waals surface area contributed by atoms with Crippen LogP contribution in [0.1, 0.15) is 31.2 Å². The minimum atomic E-state index is 0.249. The Morgan fingerprint density at radius 3 is 2.90 bits per heavy atom. The van der Waals surface area contributed by atoms with E-state index in [1.165, 1.54) is 6.42 Å². The second kappa shape index (κ2) is 5.90. The zero-order chi connectivity index (χ0) is 13.8. The molecular formula is C16H19N3O. The zero-order valence-corrected chi connectivity index (χ0v) is 11.5. The molecule has 1 aromatic heterocycles. The van der Waals surface area contributed by atoms with Crippen molar-refractivity contribution in [1.82, 2.24) is 5.16 Å². The topological polar surface area (TPSA) is 64.4 Å². The van der Waals surface area contributed by atoms with Gasteiger partial charge in [-0.25, -0.2) is 0 Å². The van der Waals surface area contributed by atoms with Crippen molar-refractivity contribution in [3.63, 3.8) is 0 Å². The summed E-state index contributed by atoms with van der Waals surface area (Å²) in [7, 11) is 0. The van der Waals surface area contributed by atoms with Crippen LogP contribution in [-0.4, -0.2) is 17.0 Å². The van der Waals surface area contributed by atoms with Gasteiger partial charge in [0.15, 0.2) is 0 Å². The highest BCUT2D eigenvalue weighted by atomic mass is 16.5. The first kappa shape index (κ1) is 12.9. The summed E-state index contributed by atoms with van der Waals surface area (Å²) in [5.41, 5.74) is 9.03. The van der Waals surface area contributed by atoms with Gasteiger partial charge in [-0.15, -0.1) is 0 Å². The van der Waals surface area contributed by atoms with Gasteiger partial charge in [-0.05, 0) is 12.8 Å². The second-order valence-corrected chi connectivity index (χ2v) is 5.28. The van der Waals surface area contributed by atoms with Crippen molar-refractivity contribution in [2.75, 3.05) is 0 Å². The minimum absolute atomic E-state index is 0.249. The SMILES string of the molecule is NC1=NC(Cc2conc2-c2ccccc2)CCCC1. The number of hydrogen-bond donors (Lipinski definition) is 1. The summed E-state index contributed by atoms with van der Waals surface area (Å²) in [4.78, 5) is 4.61. The van der Waals surface area contributed by atoms with Gasteiger partial charge in [-0.3, -0.25) is 4.99 Å². The predicted molar refractivity (Wildman–Crippen MR) is 79.5 cm³/mol. The summed E-state index contributed by atoms with van der Waals surface area (Å²) < 4.78 is 5.17. The normalized spacial score (nSPS) is 19.4. The number of aromatic nitrogens is 1. The lowest BCUT2D eigenvalue weighted by Crippen LogP contribution is -2.15. The van der Waals surface area contributed by atoms with E-state index in [-0.39, 0.29) is 6.04 Å². The monoisotopic (exact) mass is 269 g/mol. The molecule has 0 saturated carbocycles. The van der Waals surface area contributed by atoms with Crippen LogP contribution in [0.3, 0.4) is 0 Å². The lowest BCUT2D eigenvalue weighted by atomic mass is 10.00. The van der Waals surface area contributed by atoms with Crippen LogP contribution in [0.4, 0.5) is 0 Å². The Morgan fingerprint density at radius 2 is 2.05 bits per heavy atom. The number of nitrogens with zero attached hydrogens (tertiary/aromatic N) is 2. The summed E-state index contributed by atoms with van der Waals surface area (Å²) in [6, 6.07) is 10.4. The maximum atomic E-state index is 5.91. The fourth-order valence-corrected chi connectivity index (χ4v) is 2.69. The molecule has 2 aromatic rings. The summed E-state index contributed by atoms with van der Waals surface area (Å²) >= 11 is 0. The van der Waals surface area contributed by atoms with Crippen molar-refractivity contribution in [2.45, 2.75) is 38.1 Å². The summed E-state index contributed by atoms with van der Waals surface area (Å²) in [6.45, 7) is 0. The number of nitrogens with two attached hydrogens (primary N) is 1.